The Morgan fingerprint density at radius 1 is 1.48 bits per heavy atom. The van der Waals surface area contributed by atoms with Crippen molar-refractivity contribution in [2.45, 2.75) is 36.8 Å². The molecule has 6 nitrogen and oxygen atoms in total. The number of hydrogen-bond donors (Lipinski definition) is 0. The number of thioether (sulfide) groups is 1. The first-order valence-corrected chi connectivity index (χ1v) is 8.12. The maximum Gasteiger partial charge on any atom is 0.319 e. The number of rotatable bonds is 7. The normalized spacial score (nSPS) is 11.5. The monoisotopic (exact) mass is 359 g/mol. The van der Waals surface area contributed by atoms with E-state index in [2.05, 4.69) is 10.0 Å². The van der Waals surface area contributed by atoms with E-state index in [0.717, 1.165) is 17.8 Å². The molecule has 0 fully saturated rings. The van der Waals surface area contributed by atoms with Crippen LogP contribution in [-0.4, -0.2) is 23.7 Å². The zero-order chi connectivity index (χ0) is 17.4. The predicted octanol–water partition coefficient (Wildman–Crippen LogP) is 4.75. The van der Waals surface area contributed by atoms with Crippen molar-refractivity contribution in [2.24, 2.45) is 5.11 Å². The van der Waals surface area contributed by atoms with Crippen LogP contribution >= 0.6 is 23.4 Å². The molecular formula is C14H15ClFN3O3S. The molecule has 23 heavy (non-hydrogen) atoms. The summed E-state index contributed by atoms with van der Waals surface area (Å²) in [5, 5.41) is 2.39. The highest BCUT2D eigenvalue weighted by Crippen LogP contribution is 2.34. The number of nitrogens with zero attached hydrogens (tertiary/aromatic N) is 3. The fraction of sp³-hybridized carbons (Fsp3) is 0.429. The molecule has 0 saturated carbocycles. The van der Waals surface area contributed by atoms with Gasteiger partial charge in [0.15, 0.2) is 0 Å². The lowest BCUT2D eigenvalue weighted by molar-refractivity contribution is -0.143. The molecule has 0 aromatic heterocycles. The van der Waals surface area contributed by atoms with Gasteiger partial charge in [-0.15, -0.1) is 11.8 Å². The van der Waals surface area contributed by atoms with E-state index in [-0.39, 0.29) is 5.02 Å². The number of carbonyl (C=O) groups excluding carboxylic acids is 2. The van der Waals surface area contributed by atoms with Crippen LogP contribution in [0.5, 0.6) is 0 Å². The molecule has 0 aliphatic heterocycles. The van der Waals surface area contributed by atoms with Crippen LogP contribution in [-0.2, 0) is 9.53 Å². The van der Waals surface area contributed by atoms with Crippen LogP contribution in [0.25, 0.3) is 10.4 Å². The van der Waals surface area contributed by atoms with Crippen molar-refractivity contribution in [3.8, 4) is 0 Å². The summed E-state index contributed by atoms with van der Waals surface area (Å²) < 4.78 is 18.8. The number of halogens is 2. The van der Waals surface area contributed by atoms with Gasteiger partial charge in [0.2, 0.25) is 0 Å². The SMILES string of the molecule is CCCOC(=O)C(CC)Sc1cc(C(=O)N=[N+]=[N-])c(F)cc1Cl. The van der Waals surface area contributed by atoms with Crippen molar-refractivity contribution < 1.29 is 18.7 Å². The molecule has 124 valence electrons. The van der Waals surface area contributed by atoms with E-state index in [1.54, 1.807) is 6.92 Å². The number of azide groups is 1. The molecule has 0 saturated heterocycles. The lowest BCUT2D eigenvalue weighted by Crippen LogP contribution is -2.20. The van der Waals surface area contributed by atoms with Gasteiger partial charge in [-0.2, -0.15) is 0 Å². The third kappa shape index (κ3) is 5.42. The van der Waals surface area contributed by atoms with E-state index in [9.17, 15) is 14.0 Å². The van der Waals surface area contributed by atoms with Gasteiger partial charge in [-0.1, -0.05) is 25.4 Å². The second kappa shape index (κ2) is 9.39. The molecule has 0 radical (unpaired) electrons. The molecule has 1 aromatic carbocycles. The van der Waals surface area contributed by atoms with Crippen LogP contribution in [0.3, 0.4) is 0 Å². The molecule has 1 unspecified atom stereocenters. The summed E-state index contributed by atoms with van der Waals surface area (Å²) in [6.07, 6.45) is 1.18. The Kier molecular flexibility index (Phi) is 7.88. The smallest absolute Gasteiger partial charge is 0.319 e. The largest absolute Gasteiger partial charge is 0.465 e. The van der Waals surface area contributed by atoms with Gasteiger partial charge in [0, 0.05) is 9.81 Å². The molecule has 0 N–H and O–H groups in total. The minimum Gasteiger partial charge on any atom is -0.465 e. The molecule has 1 aromatic rings. The maximum atomic E-state index is 13.8. The first kappa shape index (κ1) is 19.3. The minimum atomic E-state index is -1.05. The first-order chi connectivity index (χ1) is 10.9. The van der Waals surface area contributed by atoms with Gasteiger partial charge in [0.05, 0.1) is 17.2 Å². The highest BCUT2D eigenvalue weighted by Gasteiger charge is 2.22. The van der Waals surface area contributed by atoms with Crippen LogP contribution in [0.4, 0.5) is 4.39 Å². The molecule has 1 atom stereocenters. The summed E-state index contributed by atoms with van der Waals surface area (Å²) in [5.74, 6) is -2.34. The van der Waals surface area contributed by atoms with Gasteiger partial charge in [-0.3, -0.25) is 9.59 Å². The topological polar surface area (TPSA) is 92.1 Å². The van der Waals surface area contributed by atoms with Gasteiger partial charge in [-0.25, -0.2) is 4.39 Å². The molecule has 0 aliphatic carbocycles. The Morgan fingerprint density at radius 2 is 2.17 bits per heavy atom. The Labute approximate surface area is 142 Å². The summed E-state index contributed by atoms with van der Waals surface area (Å²) in [7, 11) is 0. The predicted molar refractivity (Wildman–Crippen MR) is 86.1 cm³/mol. The second-order valence-corrected chi connectivity index (χ2v) is 6.09. The molecule has 0 heterocycles. The molecule has 9 heteroatoms. The lowest BCUT2D eigenvalue weighted by atomic mass is 10.2. The quantitative estimate of drug-likeness (QED) is 0.231. The number of ether oxygens (including phenoxy) is 1. The summed E-state index contributed by atoms with van der Waals surface area (Å²) >= 11 is 7.04. The minimum absolute atomic E-state index is 0.0618. The van der Waals surface area contributed by atoms with Crippen LogP contribution in [0.15, 0.2) is 22.1 Å². The van der Waals surface area contributed by atoms with Crippen molar-refractivity contribution in [1.82, 2.24) is 0 Å². The molecule has 0 bridgehead atoms. The molecule has 0 aliphatic rings. The molecular weight excluding hydrogens is 345 g/mol. The Hall–Kier alpha value is -1.76. The average molecular weight is 360 g/mol. The molecule has 1 amide bonds. The second-order valence-electron chi connectivity index (χ2n) is 4.44. The van der Waals surface area contributed by atoms with Gasteiger partial charge in [0.1, 0.15) is 11.1 Å². The molecule has 0 spiro atoms. The number of carbonyl (C=O) groups is 2. The number of benzene rings is 1. The maximum absolute atomic E-state index is 13.8. The van der Waals surface area contributed by atoms with Crippen molar-refractivity contribution >= 4 is 35.2 Å². The van der Waals surface area contributed by atoms with E-state index in [1.807, 2.05) is 6.92 Å². The van der Waals surface area contributed by atoms with E-state index in [4.69, 9.17) is 21.9 Å². The zero-order valence-corrected chi connectivity index (χ0v) is 14.2. The highest BCUT2D eigenvalue weighted by molar-refractivity contribution is 8.00. The summed E-state index contributed by atoms with van der Waals surface area (Å²) in [6, 6.07) is 2.13. The molecule has 1 rings (SSSR count). The lowest BCUT2D eigenvalue weighted by Gasteiger charge is -2.15. The van der Waals surface area contributed by atoms with Crippen LogP contribution < -0.4 is 0 Å². The Bertz CT molecular complexity index is 650. The highest BCUT2D eigenvalue weighted by atomic mass is 35.5. The Balaban J connectivity index is 3.06. The van der Waals surface area contributed by atoms with Crippen LogP contribution in [0, 0.1) is 5.82 Å². The van der Waals surface area contributed by atoms with Gasteiger partial charge in [-0.05, 0) is 35.6 Å². The number of esters is 1. The van der Waals surface area contributed by atoms with Crippen LogP contribution in [0.1, 0.15) is 37.0 Å². The number of hydrogen-bond acceptors (Lipinski definition) is 4. The average Bonchev–Trinajstić information content (AvgIpc) is 2.52. The zero-order valence-electron chi connectivity index (χ0n) is 12.6. The van der Waals surface area contributed by atoms with E-state index in [1.165, 1.54) is 6.07 Å². The van der Waals surface area contributed by atoms with Crippen LogP contribution in [0.2, 0.25) is 5.02 Å². The van der Waals surface area contributed by atoms with Crippen molar-refractivity contribution in [3.05, 3.63) is 39.0 Å². The van der Waals surface area contributed by atoms with E-state index in [0.29, 0.717) is 24.3 Å². The Morgan fingerprint density at radius 3 is 2.74 bits per heavy atom. The third-order valence-corrected chi connectivity index (χ3v) is 4.57. The fourth-order valence-corrected chi connectivity index (χ4v) is 2.90. The number of amides is 1. The fourth-order valence-electron chi connectivity index (χ4n) is 1.62. The van der Waals surface area contributed by atoms with Crippen molar-refractivity contribution in [2.75, 3.05) is 6.61 Å². The first-order valence-electron chi connectivity index (χ1n) is 6.86. The standard InChI is InChI=1S/C14H15ClFN3O3S/c1-3-5-22-14(21)11(4-2)23-12-6-8(13(20)18-19-17)10(16)7-9(12)15/h6-7,11H,3-5H2,1-2H3. The van der Waals surface area contributed by atoms with Crippen molar-refractivity contribution in [1.29, 1.82) is 0 Å². The van der Waals surface area contributed by atoms with Crippen molar-refractivity contribution in [3.63, 3.8) is 0 Å². The summed E-state index contributed by atoms with van der Waals surface area (Å²) in [6.45, 7) is 3.99. The third-order valence-electron chi connectivity index (χ3n) is 2.74. The van der Waals surface area contributed by atoms with Gasteiger partial charge in [0.25, 0.3) is 5.91 Å². The summed E-state index contributed by atoms with van der Waals surface area (Å²) in [4.78, 5) is 26.2. The van der Waals surface area contributed by atoms with E-state index >= 15 is 0 Å². The van der Waals surface area contributed by atoms with Gasteiger partial charge >= 0.3 is 5.97 Å². The summed E-state index contributed by atoms with van der Waals surface area (Å²) in [5.41, 5.74) is 7.88. The van der Waals surface area contributed by atoms with E-state index < -0.39 is 28.5 Å². The van der Waals surface area contributed by atoms with Gasteiger partial charge < -0.3 is 4.74 Å².